The van der Waals surface area contributed by atoms with Crippen LogP contribution in [0, 0.1) is 11.3 Å². The largest absolute Gasteiger partial charge is 0.482 e. The molecule has 6 heteroatoms. The molecule has 0 aliphatic rings. The van der Waals surface area contributed by atoms with Gasteiger partial charge in [0, 0.05) is 11.1 Å². The van der Waals surface area contributed by atoms with Crippen LogP contribution in [0.25, 0.3) is 22.6 Å². The minimum atomic E-state index is -1.05. The Hall–Kier alpha value is -4.37. The third-order valence-corrected chi connectivity index (χ3v) is 4.88. The first-order valence-corrected chi connectivity index (χ1v) is 10.1. The molecule has 0 aliphatic carbocycles. The third kappa shape index (κ3) is 4.85. The molecule has 0 radical (unpaired) electrons. The number of hydrogen-bond acceptors (Lipinski definition) is 5. The number of oxazole rings is 1. The number of carboxylic acids is 1. The second kappa shape index (κ2) is 9.63. The second-order valence-corrected chi connectivity index (χ2v) is 7.18. The van der Waals surface area contributed by atoms with Gasteiger partial charge in [-0.25, -0.2) is 9.78 Å². The lowest BCUT2D eigenvalue weighted by Crippen LogP contribution is -2.09. The van der Waals surface area contributed by atoms with Crippen LogP contribution in [0.3, 0.4) is 0 Å². The maximum absolute atomic E-state index is 10.7. The highest BCUT2D eigenvalue weighted by molar-refractivity contribution is 5.76. The fourth-order valence-corrected chi connectivity index (χ4v) is 3.39. The molecule has 0 aliphatic heterocycles. The van der Waals surface area contributed by atoms with Gasteiger partial charge >= 0.3 is 5.97 Å². The van der Waals surface area contributed by atoms with Crippen molar-refractivity contribution in [3.63, 3.8) is 0 Å². The Morgan fingerprint density at radius 1 is 1.00 bits per heavy atom. The SMILES string of the molecule is N#CC(Cc1cccc(OCC(=O)O)c1)c1nc(-c2ccccc2)c(-c2ccccc2)o1. The summed E-state index contributed by atoms with van der Waals surface area (Å²) in [5.41, 5.74) is 3.29. The molecule has 0 fully saturated rings. The maximum atomic E-state index is 10.7. The number of ether oxygens (including phenoxy) is 1. The summed E-state index contributed by atoms with van der Waals surface area (Å²) in [6, 6.07) is 28.7. The Labute approximate surface area is 185 Å². The normalized spacial score (nSPS) is 11.5. The number of carbonyl (C=O) groups is 1. The van der Waals surface area contributed by atoms with Crippen molar-refractivity contribution in [1.82, 2.24) is 4.98 Å². The Balaban J connectivity index is 1.66. The van der Waals surface area contributed by atoms with Crippen LogP contribution in [0.15, 0.2) is 89.3 Å². The highest BCUT2D eigenvalue weighted by Crippen LogP contribution is 2.35. The summed E-state index contributed by atoms with van der Waals surface area (Å²) in [5.74, 6) is -0.284. The first-order valence-electron chi connectivity index (χ1n) is 10.1. The molecular weight excluding hydrogens is 404 g/mol. The van der Waals surface area contributed by atoms with Gasteiger partial charge in [-0.15, -0.1) is 0 Å². The predicted octanol–water partition coefficient (Wildman–Crippen LogP) is 5.32. The van der Waals surface area contributed by atoms with Crippen LogP contribution in [0.4, 0.5) is 0 Å². The molecule has 32 heavy (non-hydrogen) atoms. The van der Waals surface area contributed by atoms with Gasteiger partial charge in [-0.1, -0.05) is 72.8 Å². The first kappa shape index (κ1) is 20.9. The van der Waals surface area contributed by atoms with Gasteiger partial charge in [0.25, 0.3) is 0 Å². The molecule has 3 aromatic carbocycles. The zero-order valence-electron chi connectivity index (χ0n) is 17.1. The minimum absolute atomic E-state index is 0.335. The van der Waals surface area contributed by atoms with E-state index in [2.05, 4.69) is 6.07 Å². The summed E-state index contributed by atoms with van der Waals surface area (Å²) >= 11 is 0. The third-order valence-electron chi connectivity index (χ3n) is 4.88. The minimum Gasteiger partial charge on any atom is -0.482 e. The highest BCUT2D eigenvalue weighted by Gasteiger charge is 2.23. The van der Waals surface area contributed by atoms with Gasteiger partial charge in [0.15, 0.2) is 12.4 Å². The van der Waals surface area contributed by atoms with E-state index in [1.165, 1.54) is 0 Å². The van der Waals surface area contributed by atoms with Crippen LogP contribution in [-0.2, 0) is 11.2 Å². The van der Waals surface area contributed by atoms with Crippen molar-refractivity contribution < 1.29 is 19.1 Å². The number of aromatic nitrogens is 1. The molecule has 1 unspecified atom stereocenters. The molecule has 1 aromatic heterocycles. The number of hydrogen-bond donors (Lipinski definition) is 1. The number of carboxylic acid groups (broad SMARTS) is 1. The summed E-state index contributed by atoms with van der Waals surface area (Å²) in [6.07, 6.45) is 0.351. The summed E-state index contributed by atoms with van der Waals surface area (Å²) in [7, 11) is 0. The summed E-state index contributed by atoms with van der Waals surface area (Å²) in [4.78, 5) is 15.5. The predicted molar refractivity (Wildman–Crippen MR) is 119 cm³/mol. The van der Waals surface area contributed by atoms with Crippen LogP contribution in [0.1, 0.15) is 17.4 Å². The van der Waals surface area contributed by atoms with Gasteiger partial charge in [0.2, 0.25) is 5.89 Å². The van der Waals surface area contributed by atoms with Crippen LogP contribution in [0.2, 0.25) is 0 Å². The molecule has 0 bridgehead atoms. The average Bonchev–Trinajstić information content (AvgIpc) is 3.28. The standard InChI is InChI=1S/C26H20N2O4/c27-16-21(14-18-8-7-13-22(15-18)31-17-23(29)30)26-28-24(19-9-3-1-4-10-19)25(32-26)20-11-5-2-6-12-20/h1-13,15,21H,14,17H2,(H,29,30). The van der Waals surface area contributed by atoms with E-state index in [4.69, 9.17) is 19.2 Å². The summed E-state index contributed by atoms with van der Waals surface area (Å²) < 4.78 is 11.4. The Kier molecular flexibility index (Phi) is 6.28. The average molecular weight is 424 g/mol. The van der Waals surface area contributed by atoms with E-state index in [9.17, 15) is 10.1 Å². The van der Waals surface area contributed by atoms with Crippen molar-refractivity contribution in [2.24, 2.45) is 0 Å². The van der Waals surface area contributed by atoms with Gasteiger partial charge in [-0.2, -0.15) is 5.26 Å². The fraction of sp³-hybridized carbons (Fsp3) is 0.115. The zero-order chi connectivity index (χ0) is 22.3. The molecule has 4 rings (SSSR count). The van der Waals surface area contributed by atoms with Crippen molar-refractivity contribution in [3.8, 4) is 34.4 Å². The number of benzene rings is 3. The molecule has 1 N–H and O–H groups in total. The van der Waals surface area contributed by atoms with Crippen molar-refractivity contribution in [2.75, 3.05) is 6.61 Å². The molecule has 1 heterocycles. The van der Waals surface area contributed by atoms with Crippen molar-refractivity contribution in [1.29, 1.82) is 5.26 Å². The Morgan fingerprint density at radius 2 is 1.69 bits per heavy atom. The molecule has 4 aromatic rings. The molecule has 0 amide bonds. The fourth-order valence-electron chi connectivity index (χ4n) is 3.39. The molecule has 0 saturated carbocycles. The monoisotopic (exact) mass is 424 g/mol. The van der Waals surface area contributed by atoms with E-state index in [0.29, 0.717) is 29.5 Å². The lowest BCUT2D eigenvalue weighted by Gasteiger charge is -2.08. The topological polar surface area (TPSA) is 96.3 Å². The zero-order valence-corrected chi connectivity index (χ0v) is 17.1. The van der Waals surface area contributed by atoms with Crippen LogP contribution in [0.5, 0.6) is 5.75 Å². The molecule has 158 valence electrons. The van der Waals surface area contributed by atoms with E-state index in [1.807, 2.05) is 66.7 Å². The van der Waals surface area contributed by atoms with Gasteiger partial charge < -0.3 is 14.3 Å². The number of aliphatic carboxylic acids is 1. The van der Waals surface area contributed by atoms with E-state index in [-0.39, 0.29) is 0 Å². The van der Waals surface area contributed by atoms with E-state index >= 15 is 0 Å². The molecule has 6 nitrogen and oxygen atoms in total. The van der Waals surface area contributed by atoms with Crippen LogP contribution in [-0.4, -0.2) is 22.7 Å². The smallest absolute Gasteiger partial charge is 0.341 e. The van der Waals surface area contributed by atoms with Crippen LogP contribution < -0.4 is 4.74 Å². The molecular formula is C26H20N2O4. The highest BCUT2D eigenvalue weighted by atomic mass is 16.5. The van der Waals surface area contributed by atoms with E-state index in [1.54, 1.807) is 18.2 Å². The van der Waals surface area contributed by atoms with Crippen molar-refractivity contribution in [2.45, 2.75) is 12.3 Å². The van der Waals surface area contributed by atoms with E-state index in [0.717, 1.165) is 16.7 Å². The van der Waals surface area contributed by atoms with Gasteiger partial charge in [-0.3, -0.25) is 0 Å². The Morgan fingerprint density at radius 3 is 2.34 bits per heavy atom. The summed E-state index contributed by atoms with van der Waals surface area (Å²) in [5, 5.41) is 18.7. The maximum Gasteiger partial charge on any atom is 0.341 e. The lowest BCUT2D eigenvalue weighted by molar-refractivity contribution is -0.139. The molecule has 1 atom stereocenters. The quantitative estimate of drug-likeness (QED) is 0.411. The van der Waals surface area contributed by atoms with Crippen molar-refractivity contribution >= 4 is 5.97 Å². The van der Waals surface area contributed by atoms with Gasteiger partial charge in [0.05, 0.1) is 6.07 Å². The van der Waals surface area contributed by atoms with Crippen LogP contribution >= 0.6 is 0 Å². The Bertz CT molecular complexity index is 1190. The lowest BCUT2D eigenvalue weighted by atomic mass is 10.0. The van der Waals surface area contributed by atoms with Gasteiger partial charge in [-0.05, 0) is 24.1 Å². The number of rotatable bonds is 8. The first-order chi connectivity index (χ1) is 15.6. The summed E-state index contributed by atoms with van der Waals surface area (Å²) in [6.45, 7) is -0.425. The molecule has 0 spiro atoms. The second-order valence-electron chi connectivity index (χ2n) is 7.18. The molecule has 0 saturated heterocycles. The number of nitriles is 1. The van der Waals surface area contributed by atoms with Crippen molar-refractivity contribution in [3.05, 3.63) is 96.4 Å². The number of nitrogens with zero attached hydrogens (tertiary/aromatic N) is 2. The van der Waals surface area contributed by atoms with Gasteiger partial charge in [0.1, 0.15) is 17.4 Å². The van der Waals surface area contributed by atoms with E-state index < -0.39 is 18.5 Å².